The summed E-state index contributed by atoms with van der Waals surface area (Å²) in [7, 11) is 0. The van der Waals surface area contributed by atoms with E-state index in [1.807, 2.05) is 0 Å². The van der Waals surface area contributed by atoms with Gasteiger partial charge in [0, 0.05) is 6.42 Å². The minimum absolute atomic E-state index is 0.0387. The second kappa shape index (κ2) is 4.37. The molecular formula is C6H3Cl5N2. The van der Waals surface area contributed by atoms with Crippen LogP contribution in [0.15, 0.2) is 6.07 Å². The van der Waals surface area contributed by atoms with Crippen LogP contribution in [0.1, 0.15) is 5.69 Å². The fraction of sp³-hybridized carbons (Fsp3) is 0.333. The van der Waals surface area contributed by atoms with E-state index >= 15 is 0 Å². The van der Waals surface area contributed by atoms with E-state index in [0.717, 1.165) is 0 Å². The fourth-order valence-corrected chi connectivity index (χ4v) is 1.59. The van der Waals surface area contributed by atoms with Crippen LogP contribution in [-0.4, -0.2) is 13.8 Å². The number of halogens is 5. The SMILES string of the molecule is Clc1cc(CC(Cl)(Cl)Cl)nc(Cl)n1. The summed E-state index contributed by atoms with van der Waals surface area (Å²) in [6, 6.07) is 1.50. The Hall–Kier alpha value is 0.530. The van der Waals surface area contributed by atoms with Crippen LogP contribution < -0.4 is 0 Å². The van der Waals surface area contributed by atoms with Crippen molar-refractivity contribution in [2.45, 2.75) is 10.2 Å². The number of aromatic nitrogens is 2. The first kappa shape index (κ1) is 11.6. The fourth-order valence-electron chi connectivity index (χ4n) is 0.730. The highest BCUT2D eigenvalue weighted by atomic mass is 35.6. The molecule has 0 radical (unpaired) electrons. The van der Waals surface area contributed by atoms with Gasteiger partial charge in [-0.15, -0.1) is 0 Å². The molecule has 0 atom stereocenters. The van der Waals surface area contributed by atoms with E-state index in [4.69, 9.17) is 58.0 Å². The first-order chi connectivity index (χ1) is 5.87. The van der Waals surface area contributed by atoms with Gasteiger partial charge in [-0.25, -0.2) is 9.97 Å². The molecule has 72 valence electrons. The highest BCUT2D eigenvalue weighted by Gasteiger charge is 2.21. The number of hydrogen-bond donors (Lipinski definition) is 0. The summed E-state index contributed by atoms with van der Waals surface area (Å²) in [5.74, 6) is 0. The van der Waals surface area contributed by atoms with Gasteiger partial charge < -0.3 is 0 Å². The number of hydrogen-bond acceptors (Lipinski definition) is 2. The van der Waals surface area contributed by atoms with Gasteiger partial charge in [0.15, 0.2) is 3.79 Å². The van der Waals surface area contributed by atoms with Crippen molar-refractivity contribution >= 4 is 58.0 Å². The van der Waals surface area contributed by atoms with Crippen molar-refractivity contribution in [2.24, 2.45) is 0 Å². The summed E-state index contributed by atoms with van der Waals surface area (Å²) in [5, 5.41) is 0.265. The third-order valence-corrected chi connectivity index (χ3v) is 1.87. The molecule has 0 bridgehead atoms. The third kappa shape index (κ3) is 4.52. The molecule has 0 saturated carbocycles. The van der Waals surface area contributed by atoms with Gasteiger partial charge in [-0.1, -0.05) is 46.4 Å². The van der Waals surface area contributed by atoms with Crippen LogP contribution in [-0.2, 0) is 6.42 Å². The molecule has 2 nitrogen and oxygen atoms in total. The zero-order chi connectivity index (χ0) is 10.1. The van der Waals surface area contributed by atoms with Gasteiger partial charge in [-0.05, 0) is 17.7 Å². The van der Waals surface area contributed by atoms with Crippen LogP contribution in [0, 0.1) is 0 Å². The van der Waals surface area contributed by atoms with E-state index in [-0.39, 0.29) is 16.9 Å². The Balaban J connectivity index is 2.90. The van der Waals surface area contributed by atoms with Gasteiger partial charge >= 0.3 is 0 Å². The Bertz CT molecular complexity index is 288. The second-order valence-electron chi connectivity index (χ2n) is 2.24. The first-order valence-electron chi connectivity index (χ1n) is 3.12. The highest BCUT2D eigenvalue weighted by molar-refractivity contribution is 6.67. The molecule has 7 heteroatoms. The van der Waals surface area contributed by atoms with Crippen LogP contribution in [0.4, 0.5) is 0 Å². The Kier molecular flexibility index (Phi) is 3.90. The van der Waals surface area contributed by atoms with Crippen molar-refractivity contribution in [3.63, 3.8) is 0 Å². The normalized spacial score (nSPS) is 11.8. The summed E-state index contributed by atoms with van der Waals surface area (Å²) in [6.45, 7) is 0. The number of rotatable bonds is 1. The quantitative estimate of drug-likeness (QED) is 0.445. The van der Waals surface area contributed by atoms with Crippen molar-refractivity contribution < 1.29 is 0 Å². The Morgan fingerprint density at radius 2 is 1.77 bits per heavy atom. The van der Waals surface area contributed by atoms with Gasteiger partial charge in [0.1, 0.15) is 5.15 Å². The van der Waals surface area contributed by atoms with Crippen molar-refractivity contribution in [3.05, 3.63) is 22.2 Å². The van der Waals surface area contributed by atoms with Crippen LogP contribution >= 0.6 is 58.0 Å². The summed E-state index contributed by atoms with van der Waals surface area (Å²) < 4.78 is -1.40. The average Bonchev–Trinajstić information content (AvgIpc) is 1.78. The molecule has 1 heterocycles. The molecule has 0 N–H and O–H groups in total. The molecule has 0 aliphatic carbocycles. The number of alkyl halides is 3. The van der Waals surface area contributed by atoms with Gasteiger partial charge in [0.2, 0.25) is 5.28 Å². The van der Waals surface area contributed by atoms with E-state index in [1.54, 1.807) is 0 Å². The molecule has 0 unspecified atom stereocenters. The molecule has 1 aromatic heterocycles. The summed E-state index contributed by atoms with van der Waals surface area (Å²) in [4.78, 5) is 7.49. The standard InChI is InChI=1S/C6H3Cl5N2/c7-4-1-3(2-6(9,10)11)12-5(8)13-4/h1H,2H2. The molecule has 0 aliphatic rings. The van der Waals surface area contributed by atoms with Crippen molar-refractivity contribution in [1.29, 1.82) is 0 Å². The summed E-state index contributed by atoms with van der Waals surface area (Å²) >= 11 is 27.8. The van der Waals surface area contributed by atoms with E-state index in [9.17, 15) is 0 Å². The zero-order valence-corrected chi connectivity index (χ0v) is 9.85. The Morgan fingerprint density at radius 3 is 2.23 bits per heavy atom. The predicted octanol–water partition coefficient (Wildman–Crippen LogP) is 3.70. The number of nitrogens with zero attached hydrogens (tertiary/aromatic N) is 2. The zero-order valence-electron chi connectivity index (χ0n) is 6.07. The maximum atomic E-state index is 5.61. The molecular weight excluding hydrogens is 277 g/mol. The minimum atomic E-state index is -1.40. The minimum Gasteiger partial charge on any atom is -0.223 e. The van der Waals surface area contributed by atoms with E-state index in [1.165, 1.54) is 6.07 Å². The van der Waals surface area contributed by atoms with Gasteiger partial charge in [-0.3, -0.25) is 0 Å². The maximum absolute atomic E-state index is 5.61. The Labute approximate surface area is 100 Å². The van der Waals surface area contributed by atoms with Crippen LogP contribution in [0.3, 0.4) is 0 Å². The molecule has 0 aliphatic heterocycles. The monoisotopic (exact) mass is 278 g/mol. The second-order valence-corrected chi connectivity index (χ2v) is 5.48. The lowest BCUT2D eigenvalue weighted by Gasteiger charge is -2.09. The molecule has 1 aromatic rings. The first-order valence-corrected chi connectivity index (χ1v) is 5.01. The van der Waals surface area contributed by atoms with E-state index in [0.29, 0.717) is 5.69 Å². The predicted molar refractivity (Wildman–Crippen MR) is 56.0 cm³/mol. The maximum Gasteiger partial charge on any atom is 0.224 e. The van der Waals surface area contributed by atoms with E-state index < -0.39 is 3.79 Å². The molecule has 1 rings (SSSR count). The van der Waals surface area contributed by atoms with Crippen molar-refractivity contribution in [3.8, 4) is 0 Å². The van der Waals surface area contributed by atoms with E-state index in [2.05, 4.69) is 9.97 Å². The smallest absolute Gasteiger partial charge is 0.223 e. The lowest BCUT2D eigenvalue weighted by molar-refractivity contribution is 0.936. The van der Waals surface area contributed by atoms with Gasteiger partial charge in [0.25, 0.3) is 0 Å². The van der Waals surface area contributed by atoms with Crippen LogP contribution in [0.25, 0.3) is 0 Å². The molecule has 13 heavy (non-hydrogen) atoms. The van der Waals surface area contributed by atoms with Crippen LogP contribution in [0.5, 0.6) is 0 Å². The van der Waals surface area contributed by atoms with Gasteiger partial charge in [-0.2, -0.15) is 0 Å². The van der Waals surface area contributed by atoms with Crippen molar-refractivity contribution in [2.75, 3.05) is 0 Å². The Morgan fingerprint density at radius 1 is 1.15 bits per heavy atom. The lowest BCUT2D eigenvalue weighted by atomic mass is 10.3. The van der Waals surface area contributed by atoms with Crippen LogP contribution in [0.2, 0.25) is 10.4 Å². The molecule has 0 amide bonds. The average molecular weight is 280 g/mol. The lowest BCUT2D eigenvalue weighted by Crippen LogP contribution is -2.08. The van der Waals surface area contributed by atoms with Gasteiger partial charge in [0.05, 0.1) is 5.69 Å². The third-order valence-electron chi connectivity index (χ3n) is 1.10. The summed E-state index contributed by atoms with van der Waals surface area (Å²) in [6.07, 6.45) is 0.139. The molecule has 0 fully saturated rings. The largest absolute Gasteiger partial charge is 0.224 e. The van der Waals surface area contributed by atoms with Crippen molar-refractivity contribution in [1.82, 2.24) is 9.97 Å². The molecule has 0 aromatic carbocycles. The topological polar surface area (TPSA) is 25.8 Å². The highest BCUT2D eigenvalue weighted by Crippen LogP contribution is 2.30. The molecule has 0 saturated heterocycles. The molecule has 0 spiro atoms. The summed E-state index contributed by atoms with van der Waals surface area (Å²) in [5.41, 5.74) is 0.491.